The molecule has 0 bridgehead atoms. The molecular formula is C13H17NOS. The van der Waals surface area contributed by atoms with Gasteiger partial charge in [0.1, 0.15) is 0 Å². The van der Waals surface area contributed by atoms with Crippen molar-refractivity contribution >= 4 is 18.5 Å². The van der Waals surface area contributed by atoms with Crippen molar-refractivity contribution in [3.05, 3.63) is 35.4 Å². The molecule has 1 aromatic carbocycles. The minimum absolute atomic E-state index is 0.108. The van der Waals surface area contributed by atoms with Gasteiger partial charge < -0.3 is 5.32 Å². The van der Waals surface area contributed by atoms with Crippen LogP contribution in [-0.4, -0.2) is 11.7 Å². The Hall–Kier alpha value is -0.960. The lowest BCUT2D eigenvalue weighted by Gasteiger charge is -2.26. The fourth-order valence-electron chi connectivity index (χ4n) is 2.27. The molecule has 0 saturated carbocycles. The molecule has 0 aliphatic heterocycles. The number of aryl methyl sites for hydroxylation is 1. The van der Waals surface area contributed by atoms with E-state index in [2.05, 4.69) is 36.1 Å². The number of hydrogen-bond acceptors (Lipinski definition) is 2. The summed E-state index contributed by atoms with van der Waals surface area (Å²) in [6.45, 7) is 0. The van der Waals surface area contributed by atoms with E-state index < -0.39 is 0 Å². The molecule has 1 unspecified atom stereocenters. The van der Waals surface area contributed by atoms with Crippen LogP contribution in [0.5, 0.6) is 0 Å². The molecule has 1 atom stereocenters. The molecule has 0 heterocycles. The Bertz CT molecular complexity index is 378. The molecular weight excluding hydrogens is 218 g/mol. The van der Waals surface area contributed by atoms with Gasteiger partial charge in [-0.25, -0.2) is 0 Å². The van der Waals surface area contributed by atoms with Gasteiger partial charge in [0.25, 0.3) is 0 Å². The van der Waals surface area contributed by atoms with Crippen molar-refractivity contribution < 1.29 is 4.79 Å². The molecule has 3 heteroatoms. The van der Waals surface area contributed by atoms with Crippen molar-refractivity contribution in [2.75, 3.05) is 5.75 Å². The van der Waals surface area contributed by atoms with Crippen LogP contribution >= 0.6 is 12.6 Å². The maximum atomic E-state index is 11.6. The first-order valence-electron chi connectivity index (χ1n) is 5.79. The standard InChI is InChI=1S/C13H17NOS/c15-13(8-9-16)14-12-7-3-5-10-4-1-2-6-11(10)12/h1-2,4,6,12,16H,3,5,7-9H2,(H,14,15). The summed E-state index contributed by atoms with van der Waals surface area (Å²) in [4.78, 5) is 11.6. The Kier molecular flexibility index (Phi) is 3.88. The SMILES string of the molecule is O=C(CCS)NC1CCCc2ccccc21. The van der Waals surface area contributed by atoms with Crippen LogP contribution in [0.1, 0.15) is 36.4 Å². The second-order valence-corrected chi connectivity index (χ2v) is 4.63. The van der Waals surface area contributed by atoms with E-state index in [-0.39, 0.29) is 11.9 Å². The van der Waals surface area contributed by atoms with E-state index in [4.69, 9.17) is 0 Å². The number of hydrogen-bond donors (Lipinski definition) is 2. The smallest absolute Gasteiger partial charge is 0.221 e. The number of rotatable bonds is 3. The number of carbonyl (C=O) groups excluding carboxylic acids is 1. The van der Waals surface area contributed by atoms with Gasteiger partial charge in [-0.15, -0.1) is 0 Å². The van der Waals surface area contributed by atoms with Gasteiger partial charge >= 0.3 is 0 Å². The van der Waals surface area contributed by atoms with E-state index in [1.54, 1.807) is 0 Å². The van der Waals surface area contributed by atoms with Crippen LogP contribution in [-0.2, 0) is 11.2 Å². The van der Waals surface area contributed by atoms with Gasteiger partial charge in [0.2, 0.25) is 5.91 Å². The molecule has 0 aromatic heterocycles. The van der Waals surface area contributed by atoms with Crippen LogP contribution in [0.15, 0.2) is 24.3 Å². The largest absolute Gasteiger partial charge is 0.349 e. The van der Waals surface area contributed by atoms with Crippen LogP contribution in [0.2, 0.25) is 0 Å². The van der Waals surface area contributed by atoms with Crippen LogP contribution < -0.4 is 5.32 Å². The van der Waals surface area contributed by atoms with Gasteiger partial charge in [-0.05, 0) is 36.1 Å². The van der Waals surface area contributed by atoms with Crippen molar-refractivity contribution in [3.63, 3.8) is 0 Å². The Balaban J connectivity index is 2.10. The van der Waals surface area contributed by atoms with Gasteiger partial charge in [0.15, 0.2) is 0 Å². The van der Waals surface area contributed by atoms with E-state index in [1.807, 2.05) is 6.07 Å². The number of carbonyl (C=O) groups is 1. The van der Waals surface area contributed by atoms with Crippen molar-refractivity contribution in [3.8, 4) is 0 Å². The lowest BCUT2D eigenvalue weighted by Crippen LogP contribution is -2.30. The monoisotopic (exact) mass is 235 g/mol. The molecule has 0 radical (unpaired) electrons. The van der Waals surface area contributed by atoms with E-state index in [9.17, 15) is 4.79 Å². The maximum absolute atomic E-state index is 11.6. The fraction of sp³-hybridized carbons (Fsp3) is 0.462. The van der Waals surface area contributed by atoms with Crippen molar-refractivity contribution in [1.29, 1.82) is 0 Å². The summed E-state index contributed by atoms with van der Waals surface area (Å²) in [5.41, 5.74) is 2.67. The Morgan fingerprint density at radius 3 is 3.06 bits per heavy atom. The third-order valence-corrected chi connectivity index (χ3v) is 3.27. The normalized spacial score (nSPS) is 18.9. The summed E-state index contributed by atoms with van der Waals surface area (Å²) in [5, 5.41) is 3.09. The quantitative estimate of drug-likeness (QED) is 0.774. The van der Waals surface area contributed by atoms with Gasteiger partial charge in [-0.1, -0.05) is 24.3 Å². The van der Waals surface area contributed by atoms with Gasteiger partial charge in [-0.3, -0.25) is 4.79 Å². The average molecular weight is 235 g/mol. The number of fused-ring (bicyclic) bond motifs is 1. The Morgan fingerprint density at radius 2 is 2.25 bits per heavy atom. The molecule has 1 aliphatic rings. The number of nitrogens with one attached hydrogen (secondary N) is 1. The highest BCUT2D eigenvalue weighted by Gasteiger charge is 2.20. The lowest BCUT2D eigenvalue weighted by atomic mass is 9.88. The molecule has 2 nitrogen and oxygen atoms in total. The second kappa shape index (κ2) is 5.39. The zero-order valence-electron chi connectivity index (χ0n) is 9.28. The molecule has 0 fully saturated rings. The second-order valence-electron chi connectivity index (χ2n) is 4.18. The minimum atomic E-state index is 0.108. The number of amides is 1. The molecule has 1 amide bonds. The van der Waals surface area contributed by atoms with Crippen molar-refractivity contribution in [2.24, 2.45) is 0 Å². The summed E-state index contributed by atoms with van der Waals surface area (Å²) in [7, 11) is 0. The van der Waals surface area contributed by atoms with Gasteiger partial charge in [0, 0.05) is 6.42 Å². The predicted octanol–water partition coefficient (Wildman–Crippen LogP) is 2.50. The minimum Gasteiger partial charge on any atom is -0.349 e. The zero-order valence-corrected chi connectivity index (χ0v) is 10.2. The Morgan fingerprint density at radius 1 is 1.44 bits per heavy atom. The molecule has 2 rings (SSSR count). The van der Waals surface area contributed by atoms with Crippen molar-refractivity contribution in [2.45, 2.75) is 31.7 Å². The van der Waals surface area contributed by atoms with Crippen LogP contribution in [0, 0.1) is 0 Å². The molecule has 1 aliphatic carbocycles. The summed E-state index contributed by atoms with van der Waals surface area (Å²) in [6, 6.07) is 8.60. The predicted molar refractivity (Wildman–Crippen MR) is 68.7 cm³/mol. The highest BCUT2D eigenvalue weighted by Crippen LogP contribution is 2.29. The third kappa shape index (κ3) is 2.59. The van der Waals surface area contributed by atoms with Crippen LogP contribution in [0.25, 0.3) is 0 Å². The first kappa shape index (κ1) is 11.5. The van der Waals surface area contributed by atoms with Crippen LogP contribution in [0.3, 0.4) is 0 Å². The summed E-state index contributed by atoms with van der Waals surface area (Å²) >= 11 is 4.07. The van der Waals surface area contributed by atoms with E-state index in [0.717, 1.165) is 19.3 Å². The summed E-state index contributed by atoms with van der Waals surface area (Å²) in [5.74, 6) is 0.719. The molecule has 86 valence electrons. The number of thiol groups is 1. The molecule has 0 saturated heterocycles. The van der Waals surface area contributed by atoms with E-state index >= 15 is 0 Å². The molecule has 1 aromatic rings. The first-order valence-corrected chi connectivity index (χ1v) is 6.42. The fourth-order valence-corrected chi connectivity index (χ4v) is 2.48. The molecule has 1 N–H and O–H groups in total. The van der Waals surface area contributed by atoms with Crippen molar-refractivity contribution in [1.82, 2.24) is 5.32 Å². The average Bonchev–Trinajstić information content (AvgIpc) is 2.30. The van der Waals surface area contributed by atoms with E-state index in [0.29, 0.717) is 12.2 Å². The first-order chi connectivity index (χ1) is 7.81. The van der Waals surface area contributed by atoms with Gasteiger partial charge in [0.05, 0.1) is 6.04 Å². The summed E-state index contributed by atoms with van der Waals surface area (Å²) in [6.07, 6.45) is 3.84. The zero-order chi connectivity index (χ0) is 11.4. The topological polar surface area (TPSA) is 29.1 Å². The highest BCUT2D eigenvalue weighted by atomic mass is 32.1. The molecule has 0 spiro atoms. The summed E-state index contributed by atoms with van der Waals surface area (Å²) < 4.78 is 0. The van der Waals surface area contributed by atoms with Crippen LogP contribution in [0.4, 0.5) is 0 Å². The number of benzene rings is 1. The third-order valence-electron chi connectivity index (χ3n) is 3.04. The highest BCUT2D eigenvalue weighted by molar-refractivity contribution is 7.80. The van der Waals surface area contributed by atoms with E-state index in [1.165, 1.54) is 11.1 Å². The molecule has 16 heavy (non-hydrogen) atoms. The lowest BCUT2D eigenvalue weighted by molar-refractivity contribution is -0.121. The maximum Gasteiger partial charge on any atom is 0.221 e. The van der Waals surface area contributed by atoms with Gasteiger partial charge in [-0.2, -0.15) is 12.6 Å². The Labute approximate surface area is 102 Å².